The van der Waals surface area contributed by atoms with Gasteiger partial charge in [-0.2, -0.15) is 0 Å². The number of hydrogen-bond donors (Lipinski definition) is 3. The van der Waals surface area contributed by atoms with E-state index in [1.807, 2.05) is 19.1 Å². The van der Waals surface area contributed by atoms with E-state index in [4.69, 9.17) is 9.73 Å². The summed E-state index contributed by atoms with van der Waals surface area (Å²) in [5.74, 6) is 0.778. The van der Waals surface area contributed by atoms with Gasteiger partial charge in [0.05, 0.1) is 0 Å². The van der Waals surface area contributed by atoms with Crippen molar-refractivity contribution in [2.24, 2.45) is 10.4 Å². The third-order valence-electron chi connectivity index (χ3n) is 5.09. The van der Waals surface area contributed by atoms with Crippen LogP contribution in [0.15, 0.2) is 35.3 Å². The van der Waals surface area contributed by atoms with E-state index in [0.29, 0.717) is 12.0 Å². The fourth-order valence-electron chi connectivity index (χ4n) is 3.15. The van der Waals surface area contributed by atoms with Crippen molar-refractivity contribution >= 4 is 51.4 Å². The van der Waals surface area contributed by atoms with Crippen LogP contribution in [0.3, 0.4) is 0 Å². The number of nitrogens with one attached hydrogen (secondary N) is 2. The fourth-order valence-corrected chi connectivity index (χ4v) is 4.20. The number of ether oxygens (including phenoxy) is 1. The van der Waals surface area contributed by atoms with E-state index in [1.54, 1.807) is 11.3 Å². The lowest BCUT2D eigenvalue weighted by Gasteiger charge is -2.17. The van der Waals surface area contributed by atoms with Gasteiger partial charge in [0.25, 0.3) is 0 Å². The van der Waals surface area contributed by atoms with E-state index < -0.39 is 6.10 Å². The van der Waals surface area contributed by atoms with Crippen molar-refractivity contribution in [3.8, 4) is 0 Å². The van der Waals surface area contributed by atoms with Gasteiger partial charge >= 0.3 is 0 Å². The molecular weight excluding hydrogens is 485 g/mol. The Morgan fingerprint density at radius 2 is 2.07 bits per heavy atom. The van der Waals surface area contributed by atoms with Gasteiger partial charge in [-0.3, -0.25) is 4.99 Å². The number of guanidine groups is 1. The highest BCUT2D eigenvalue weighted by Crippen LogP contribution is 2.49. The lowest BCUT2D eigenvalue weighted by molar-refractivity contribution is 0.129. The average Bonchev–Trinajstić information content (AvgIpc) is 3.31. The van der Waals surface area contributed by atoms with Crippen molar-refractivity contribution in [2.45, 2.75) is 39.2 Å². The molecule has 1 aromatic heterocycles. The van der Waals surface area contributed by atoms with Crippen LogP contribution in [-0.4, -0.2) is 43.9 Å². The van der Waals surface area contributed by atoms with E-state index in [9.17, 15) is 5.11 Å². The van der Waals surface area contributed by atoms with Crippen LogP contribution < -0.4 is 10.6 Å². The molecule has 0 aliphatic heterocycles. The van der Waals surface area contributed by atoms with E-state index in [2.05, 4.69) is 35.8 Å². The average molecular weight is 517 g/mol. The Bertz CT molecular complexity index is 728. The molecule has 3 rings (SSSR count). The summed E-state index contributed by atoms with van der Waals surface area (Å²) in [7, 11) is 0. The van der Waals surface area contributed by atoms with Crippen LogP contribution in [0.4, 0.5) is 0 Å². The third-order valence-corrected chi connectivity index (χ3v) is 6.31. The number of nitrogens with zero attached hydrogens (tertiary/aromatic N) is 1. The maximum atomic E-state index is 10.6. The van der Waals surface area contributed by atoms with Gasteiger partial charge in [-0.15, -0.1) is 35.3 Å². The number of hydrogen-bond acceptors (Lipinski definition) is 4. The molecule has 2 aromatic rings. The summed E-state index contributed by atoms with van der Waals surface area (Å²) in [6, 6.07) is 10.3. The summed E-state index contributed by atoms with van der Waals surface area (Å²) in [5.41, 5.74) is 0.321. The number of thiophene rings is 1. The quantitative estimate of drug-likeness (QED) is 0.190. The van der Waals surface area contributed by atoms with E-state index in [0.717, 1.165) is 43.6 Å². The van der Waals surface area contributed by atoms with Crippen molar-refractivity contribution in [2.75, 3.05) is 32.8 Å². The lowest BCUT2D eigenvalue weighted by Crippen LogP contribution is -2.39. The van der Waals surface area contributed by atoms with Crippen LogP contribution in [0, 0.1) is 5.41 Å². The summed E-state index contributed by atoms with van der Waals surface area (Å²) in [5, 5.41) is 18.3. The van der Waals surface area contributed by atoms with Gasteiger partial charge in [-0.1, -0.05) is 18.2 Å². The van der Waals surface area contributed by atoms with Gasteiger partial charge in [0, 0.05) is 42.4 Å². The molecule has 0 spiro atoms. The van der Waals surface area contributed by atoms with Crippen LogP contribution in [-0.2, 0) is 4.74 Å². The molecule has 1 unspecified atom stereocenters. The Morgan fingerprint density at radius 3 is 2.75 bits per heavy atom. The molecule has 1 aliphatic rings. The zero-order valence-electron chi connectivity index (χ0n) is 16.7. The van der Waals surface area contributed by atoms with E-state index in [1.165, 1.54) is 22.9 Å². The van der Waals surface area contributed by atoms with Crippen LogP contribution in [0.5, 0.6) is 0 Å². The Balaban J connectivity index is 0.00000280. The number of fused-ring (bicyclic) bond motifs is 1. The first kappa shape index (κ1) is 23.4. The predicted molar refractivity (Wildman–Crippen MR) is 129 cm³/mol. The first-order valence-electron chi connectivity index (χ1n) is 9.92. The van der Waals surface area contributed by atoms with Crippen molar-refractivity contribution in [1.29, 1.82) is 0 Å². The van der Waals surface area contributed by atoms with E-state index >= 15 is 0 Å². The lowest BCUT2D eigenvalue weighted by atomic mass is 10.0. The largest absolute Gasteiger partial charge is 0.386 e. The zero-order chi connectivity index (χ0) is 19.1. The van der Waals surface area contributed by atoms with Crippen molar-refractivity contribution < 1.29 is 9.84 Å². The molecule has 1 aromatic carbocycles. The molecule has 0 bridgehead atoms. The molecule has 7 heteroatoms. The number of aliphatic hydroxyl groups is 1. The molecule has 0 amide bonds. The molecule has 1 aliphatic carbocycles. The second-order valence-electron chi connectivity index (χ2n) is 7.23. The number of aliphatic imine (C=N–C) groups is 1. The van der Waals surface area contributed by atoms with E-state index in [-0.39, 0.29) is 24.0 Å². The molecule has 1 saturated carbocycles. The molecule has 0 saturated heterocycles. The third kappa shape index (κ3) is 6.57. The molecule has 5 nitrogen and oxygen atoms in total. The summed E-state index contributed by atoms with van der Waals surface area (Å²) in [6.45, 7) is 7.75. The molecule has 1 heterocycles. The smallest absolute Gasteiger partial charge is 0.191 e. The Labute approximate surface area is 189 Å². The SMILES string of the molecule is CCNC(=NCC1(CCOCC)CC1)NCC(O)c1cc2ccccc2s1.I. The first-order valence-corrected chi connectivity index (χ1v) is 10.7. The molecule has 156 valence electrons. The predicted octanol–water partition coefficient (Wildman–Crippen LogP) is 4.31. The van der Waals surface area contributed by atoms with Gasteiger partial charge < -0.3 is 20.5 Å². The fraction of sp³-hybridized carbons (Fsp3) is 0.571. The summed E-state index contributed by atoms with van der Waals surface area (Å²) in [6.07, 6.45) is 2.99. The standard InChI is InChI=1S/C21H31N3O2S.HI/c1-3-22-20(24-15-21(9-10-21)11-12-26-4-2)23-14-17(25)19-13-16-7-5-6-8-18(16)27-19;/h5-8,13,17,25H,3-4,9-12,14-15H2,1-2H3,(H2,22,23,24);1H. The van der Waals surface area contributed by atoms with Crippen LogP contribution in [0.1, 0.15) is 44.1 Å². The molecule has 28 heavy (non-hydrogen) atoms. The number of rotatable bonds is 10. The monoisotopic (exact) mass is 517 g/mol. The number of aliphatic hydroxyl groups excluding tert-OH is 1. The minimum Gasteiger partial charge on any atom is -0.386 e. The molecular formula is C21H32IN3O2S. The Kier molecular flexibility index (Phi) is 9.46. The second kappa shape index (κ2) is 11.3. The van der Waals surface area contributed by atoms with Gasteiger partial charge in [-0.25, -0.2) is 0 Å². The molecule has 3 N–H and O–H groups in total. The van der Waals surface area contributed by atoms with Crippen molar-refractivity contribution in [3.63, 3.8) is 0 Å². The summed E-state index contributed by atoms with van der Waals surface area (Å²) >= 11 is 1.65. The topological polar surface area (TPSA) is 65.9 Å². The first-order chi connectivity index (χ1) is 13.2. The second-order valence-corrected chi connectivity index (χ2v) is 8.34. The van der Waals surface area contributed by atoms with Gasteiger partial charge in [0.2, 0.25) is 0 Å². The van der Waals surface area contributed by atoms with Gasteiger partial charge in [0.15, 0.2) is 5.96 Å². The highest BCUT2D eigenvalue weighted by atomic mass is 127. The van der Waals surface area contributed by atoms with Gasteiger partial charge in [-0.05, 0) is 56.0 Å². The van der Waals surface area contributed by atoms with Crippen LogP contribution in [0.2, 0.25) is 0 Å². The van der Waals surface area contributed by atoms with Crippen molar-refractivity contribution in [3.05, 3.63) is 35.2 Å². The molecule has 0 radical (unpaired) electrons. The Morgan fingerprint density at radius 1 is 1.29 bits per heavy atom. The molecule has 1 fully saturated rings. The number of halogens is 1. The van der Waals surface area contributed by atoms with Crippen molar-refractivity contribution in [1.82, 2.24) is 10.6 Å². The maximum Gasteiger partial charge on any atom is 0.191 e. The van der Waals surface area contributed by atoms with Gasteiger partial charge in [0.1, 0.15) is 6.10 Å². The molecule has 1 atom stereocenters. The minimum atomic E-state index is -0.543. The summed E-state index contributed by atoms with van der Waals surface area (Å²) < 4.78 is 6.71. The summed E-state index contributed by atoms with van der Waals surface area (Å²) in [4.78, 5) is 5.75. The minimum absolute atomic E-state index is 0. The highest BCUT2D eigenvalue weighted by Gasteiger charge is 2.41. The maximum absolute atomic E-state index is 10.6. The number of benzene rings is 1. The van der Waals surface area contributed by atoms with Crippen LogP contribution in [0.25, 0.3) is 10.1 Å². The highest BCUT2D eigenvalue weighted by molar-refractivity contribution is 14.0. The normalized spacial score (nSPS) is 16.5. The van der Waals surface area contributed by atoms with Crippen LogP contribution >= 0.6 is 35.3 Å². The Hall–Kier alpha value is -0.900. The zero-order valence-corrected chi connectivity index (χ0v) is 19.9.